The van der Waals surface area contributed by atoms with E-state index in [2.05, 4.69) is 15.7 Å². The molecule has 0 aliphatic heterocycles. The van der Waals surface area contributed by atoms with Gasteiger partial charge in [-0.15, -0.1) is 11.3 Å². The normalized spacial score (nSPS) is 10.7. The van der Waals surface area contributed by atoms with Crippen LogP contribution in [0, 0.1) is 0 Å². The van der Waals surface area contributed by atoms with Gasteiger partial charge in [-0.05, 0) is 25.1 Å². The van der Waals surface area contributed by atoms with Crippen LogP contribution in [0.25, 0.3) is 11.3 Å². The summed E-state index contributed by atoms with van der Waals surface area (Å²) in [5, 5.41) is 15.2. The van der Waals surface area contributed by atoms with Crippen LogP contribution in [0.5, 0.6) is 5.75 Å². The first-order chi connectivity index (χ1) is 9.83. The second-order valence-corrected chi connectivity index (χ2v) is 5.38. The fourth-order valence-electron chi connectivity index (χ4n) is 1.87. The number of methoxy groups -OCH3 is 1. The summed E-state index contributed by atoms with van der Waals surface area (Å²) in [4.78, 5) is 4.65. The molecule has 2 N–H and O–H groups in total. The van der Waals surface area contributed by atoms with Crippen LogP contribution in [0.15, 0.2) is 29.6 Å². The molecule has 0 amide bonds. The molecule has 1 aromatic heterocycles. The van der Waals surface area contributed by atoms with Crippen LogP contribution in [-0.4, -0.2) is 36.9 Å². The van der Waals surface area contributed by atoms with E-state index in [-0.39, 0.29) is 6.61 Å². The van der Waals surface area contributed by atoms with Crippen LogP contribution in [0.2, 0.25) is 0 Å². The zero-order valence-electron chi connectivity index (χ0n) is 11.6. The number of hydrogen-bond acceptors (Lipinski definition) is 5. The Morgan fingerprint density at radius 1 is 1.35 bits per heavy atom. The molecule has 108 valence electrons. The zero-order valence-corrected chi connectivity index (χ0v) is 12.4. The van der Waals surface area contributed by atoms with Crippen molar-refractivity contribution in [1.82, 2.24) is 10.3 Å². The van der Waals surface area contributed by atoms with Crippen LogP contribution in [0.3, 0.4) is 0 Å². The predicted molar refractivity (Wildman–Crippen MR) is 82.4 cm³/mol. The van der Waals surface area contributed by atoms with E-state index in [0.717, 1.165) is 47.9 Å². The number of aliphatic hydroxyl groups is 1. The van der Waals surface area contributed by atoms with E-state index in [4.69, 9.17) is 9.84 Å². The summed E-state index contributed by atoms with van der Waals surface area (Å²) in [5.41, 5.74) is 2.08. The van der Waals surface area contributed by atoms with Gasteiger partial charge in [0.05, 0.1) is 17.8 Å². The third-order valence-corrected chi connectivity index (χ3v) is 3.85. The Kier molecular flexibility index (Phi) is 5.98. The fourth-order valence-corrected chi connectivity index (χ4v) is 2.67. The smallest absolute Gasteiger partial charge is 0.119 e. The van der Waals surface area contributed by atoms with Crippen molar-refractivity contribution < 1.29 is 9.84 Å². The van der Waals surface area contributed by atoms with Crippen LogP contribution < -0.4 is 10.1 Å². The van der Waals surface area contributed by atoms with Crippen LogP contribution in [0.1, 0.15) is 11.4 Å². The maximum atomic E-state index is 8.69. The largest absolute Gasteiger partial charge is 0.497 e. The van der Waals surface area contributed by atoms with E-state index in [1.54, 1.807) is 18.4 Å². The van der Waals surface area contributed by atoms with Gasteiger partial charge in [0.15, 0.2) is 0 Å². The minimum Gasteiger partial charge on any atom is -0.497 e. The molecule has 0 saturated heterocycles. The number of nitrogens with zero attached hydrogens (tertiary/aromatic N) is 1. The first kappa shape index (κ1) is 15.0. The van der Waals surface area contributed by atoms with Crippen molar-refractivity contribution in [2.75, 3.05) is 26.8 Å². The maximum absolute atomic E-state index is 8.69. The van der Waals surface area contributed by atoms with Crippen molar-refractivity contribution in [2.24, 2.45) is 0 Å². The average molecular weight is 292 g/mol. The highest BCUT2D eigenvalue weighted by atomic mass is 32.1. The summed E-state index contributed by atoms with van der Waals surface area (Å²) in [5.74, 6) is 0.850. The summed E-state index contributed by atoms with van der Waals surface area (Å²) in [7, 11) is 1.67. The minimum atomic E-state index is 0.240. The lowest BCUT2D eigenvalue weighted by atomic mass is 10.2. The Morgan fingerprint density at radius 2 is 2.25 bits per heavy atom. The van der Waals surface area contributed by atoms with E-state index >= 15 is 0 Å². The molecule has 0 saturated carbocycles. The Bertz CT molecular complexity index is 528. The Labute approximate surface area is 123 Å². The lowest BCUT2D eigenvalue weighted by Gasteiger charge is -2.02. The molecule has 4 nitrogen and oxygen atoms in total. The molecular formula is C15H20N2O2S. The van der Waals surface area contributed by atoms with Crippen molar-refractivity contribution in [3.63, 3.8) is 0 Å². The van der Waals surface area contributed by atoms with Crippen molar-refractivity contribution in [2.45, 2.75) is 12.8 Å². The molecule has 0 aliphatic rings. The van der Waals surface area contributed by atoms with E-state index < -0.39 is 0 Å². The lowest BCUT2D eigenvalue weighted by Crippen LogP contribution is -2.19. The Balaban J connectivity index is 1.91. The molecule has 0 atom stereocenters. The number of aliphatic hydroxyl groups excluding tert-OH is 1. The molecule has 20 heavy (non-hydrogen) atoms. The molecule has 0 unspecified atom stereocenters. The summed E-state index contributed by atoms with van der Waals surface area (Å²) in [6.07, 6.45) is 1.72. The quantitative estimate of drug-likeness (QED) is 0.733. The van der Waals surface area contributed by atoms with Crippen LogP contribution in [-0.2, 0) is 6.42 Å². The number of nitrogens with one attached hydrogen (secondary N) is 1. The molecule has 1 heterocycles. The molecule has 0 bridgehead atoms. The highest BCUT2D eigenvalue weighted by Gasteiger charge is 2.05. The molecule has 0 radical (unpaired) electrons. The monoisotopic (exact) mass is 292 g/mol. The standard InChI is InChI=1S/C15H20N2O2S/c1-19-13-5-2-4-12(10-13)14-11-20-15(17-14)6-8-16-7-3-9-18/h2,4-5,10-11,16,18H,3,6-9H2,1H3. The Morgan fingerprint density at radius 3 is 3.05 bits per heavy atom. The molecule has 0 aliphatic carbocycles. The minimum absolute atomic E-state index is 0.240. The van der Waals surface area contributed by atoms with Crippen LogP contribution >= 0.6 is 11.3 Å². The van der Waals surface area contributed by atoms with Gasteiger partial charge < -0.3 is 15.2 Å². The molecule has 5 heteroatoms. The molecule has 2 aromatic rings. The number of benzene rings is 1. The van der Waals surface area contributed by atoms with Crippen molar-refractivity contribution >= 4 is 11.3 Å². The highest BCUT2D eigenvalue weighted by Crippen LogP contribution is 2.25. The van der Waals surface area contributed by atoms with Crippen molar-refractivity contribution in [1.29, 1.82) is 0 Å². The maximum Gasteiger partial charge on any atom is 0.119 e. The highest BCUT2D eigenvalue weighted by molar-refractivity contribution is 7.09. The number of rotatable bonds is 8. The number of thiazole rings is 1. The van der Waals surface area contributed by atoms with Crippen molar-refractivity contribution in [3.05, 3.63) is 34.7 Å². The van der Waals surface area contributed by atoms with Gasteiger partial charge in [-0.2, -0.15) is 0 Å². The van der Waals surface area contributed by atoms with Crippen LogP contribution in [0.4, 0.5) is 0 Å². The molecular weight excluding hydrogens is 272 g/mol. The summed E-state index contributed by atoms with van der Waals surface area (Å²) >= 11 is 1.68. The first-order valence-corrected chi connectivity index (χ1v) is 7.62. The lowest BCUT2D eigenvalue weighted by molar-refractivity contribution is 0.286. The van der Waals surface area contributed by atoms with E-state index in [0.29, 0.717) is 0 Å². The molecule has 1 aromatic carbocycles. The van der Waals surface area contributed by atoms with Crippen molar-refractivity contribution in [3.8, 4) is 17.0 Å². The average Bonchev–Trinajstić information content (AvgIpc) is 2.96. The van der Waals surface area contributed by atoms with E-state index in [1.807, 2.05) is 24.3 Å². The zero-order chi connectivity index (χ0) is 14.2. The first-order valence-electron chi connectivity index (χ1n) is 6.74. The van der Waals surface area contributed by atoms with Gasteiger partial charge >= 0.3 is 0 Å². The predicted octanol–water partition coefficient (Wildman–Crippen LogP) is 2.33. The molecule has 0 spiro atoms. The Hall–Kier alpha value is -1.43. The number of hydrogen-bond donors (Lipinski definition) is 2. The third-order valence-electron chi connectivity index (χ3n) is 2.94. The summed E-state index contributed by atoms with van der Waals surface area (Å²) in [6.45, 7) is 1.99. The van der Waals surface area contributed by atoms with Gasteiger partial charge in [-0.1, -0.05) is 12.1 Å². The summed E-state index contributed by atoms with van der Waals surface area (Å²) in [6, 6.07) is 7.95. The fraction of sp³-hybridized carbons (Fsp3) is 0.400. The molecule has 2 rings (SSSR count). The third kappa shape index (κ3) is 4.30. The summed E-state index contributed by atoms with van der Waals surface area (Å²) < 4.78 is 5.23. The topological polar surface area (TPSA) is 54.4 Å². The van der Waals surface area contributed by atoms with Gasteiger partial charge in [-0.3, -0.25) is 0 Å². The van der Waals surface area contributed by atoms with Gasteiger partial charge in [0.1, 0.15) is 5.75 Å². The second-order valence-electron chi connectivity index (χ2n) is 4.44. The van der Waals surface area contributed by atoms with Gasteiger partial charge in [-0.25, -0.2) is 4.98 Å². The van der Waals surface area contributed by atoms with Gasteiger partial charge in [0, 0.05) is 30.5 Å². The van der Waals surface area contributed by atoms with Gasteiger partial charge in [0.25, 0.3) is 0 Å². The SMILES string of the molecule is COc1cccc(-c2csc(CCNCCCO)n2)c1. The number of aromatic nitrogens is 1. The number of ether oxygens (including phenoxy) is 1. The second kappa shape index (κ2) is 7.99. The van der Waals surface area contributed by atoms with E-state index in [9.17, 15) is 0 Å². The van der Waals surface area contributed by atoms with E-state index in [1.165, 1.54) is 0 Å². The molecule has 0 fully saturated rings. The van der Waals surface area contributed by atoms with Gasteiger partial charge in [0.2, 0.25) is 0 Å².